The number of aliphatic hydroxyl groups is 2. The SMILES string of the molecule is C[C@H](COP(=O)(O)OP(=O)(O)OP(=O)(O)O)[C@@H](O)C[C@@H](O)n1ccc(NN)cc1=O. The van der Waals surface area contributed by atoms with Crippen LogP contribution in [-0.2, 0) is 26.8 Å². The van der Waals surface area contributed by atoms with Crippen molar-refractivity contribution in [1.82, 2.24) is 4.57 Å². The third kappa shape index (κ3) is 9.45. The molecule has 2 unspecified atom stereocenters. The first-order chi connectivity index (χ1) is 13.6. The summed E-state index contributed by atoms with van der Waals surface area (Å²) in [6.45, 7) is 0.564. The monoisotopic (exact) mass is 497 g/mol. The number of hydrogen-bond donors (Lipinski definition) is 8. The Morgan fingerprint density at radius 3 is 2.23 bits per heavy atom. The molecule has 1 aromatic heterocycles. The van der Waals surface area contributed by atoms with Crippen molar-refractivity contribution in [1.29, 1.82) is 0 Å². The van der Waals surface area contributed by atoms with Crippen molar-refractivity contribution in [2.24, 2.45) is 11.8 Å². The van der Waals surface area contributed by atoms with E-state index in [9.17, 15) is 33.6 Å². The van der Waals surface area contributed by atoms with Gasteiger partial charge in [-0.3, -0.25) is 19.7 Å². The Labute approximate surface area is 169 Å². The molecule has 0 aliphatic rings. The molecule has 0 saturated carbocycles. The van der Waals surface area contributed by atoms with Crippen molar-refractivity contribution in [2.75, 3.05) is 12.0 Å². The fourth-order valence-electron chi connectivity index (χ4n) is 2.01. The van der Waals surface area contributed by atoms with Gasteiger partial charge in [0.1, 0.15) is 6.23 Å². The van der Waals surface area contributed by atoms with E-state index >= 15 is 0 Å². The average molecular weight is 497 g/mol. The molecular formula is C11H22N3O13P3. The quantitative estimate of drug-likeness (QED) is 0.101. The van der Waals surface area contributed by atoms with Gasteiger partial charge in [0.2, 0.25) is 0 Å². The van der Waals surface area contributed by atoms with E-state index in [1.165, 1.54) is 19.2 Å². The number of nitrogens with one attached hydrogen (secondary N) is 1. The minimum atomic E-state index is -5.65. The van der Waals surface area contributed by atoms with Crippen LogP contribution >= 0.6 is 23.5 Å². The molecule has 5 atom stereocenters. The molecule has 19 heteroatoms. The van der Waals surface area contributed by atoms with Crippen molar-refractivity contribution in [2.45, 2.75) is 25.7 Å². The van der Waals surface area contributed by atoms with Crippen LogP contribution in [0.15, 0.2) is 23.1 Å². The third-order valence-corrected chi connectivity index (χ3v) is 7.26. The van der Waals surface area contributed by atoms with Gasteiger partial charge in [0.05, 0.1) is 18.4 Å². The average Bonchev–Trinajstić information content (AvgIpc) is 2.55. The van der Waals surface area contributed by atoms with Crippen LogP contribution in [0.25, 0.3) is 0 Å². The predicted octanol–water partition coefficient (Wildman–Crippen LogP) is -0.645. The molecule has 0 bridgehead atoms. The van der Waals surface area contributed by atoms with E-state index in [0.29, 0.717) is 0 Å². The summed E-state index contributed by atoms with van der Waals surface area (Å²) in [5.74, 6) is 4.19. The van der Waals surface area contributed by atoms with E-state index in [4.69, 9.17) is 20.5 Å². The van der Waals surface area contributed by atoms with Crippen LogP contribution in [0.4, 0.5) is 5.69 Å². The van der Waals surface area contributed by atoms with Gasteiger partial charge >= 0.3 is 23.5 Å². The molecule has 0 saturated heterocycles. The van der Waals surface area contributed by atoms with Crippen LogP contribution in [0.3, 0.4) is 0 Å². The van der Waals surface area contributed by atoms with Crippen LogP contribution in [0.5, 0.6) is 0 Å². The highest BCUT2D eigenvalue weighted by Crippen LogP contribution is 2.66. The molecule has 16 nitrogen and oxygen atoms in total. The standard InChI is InChI=1S/C11H22N3O13P3/c1-7(6-25-29(21,22)27-30(23,24)26-28(18,19)20)9(15)5-11(17)14-3-2-8(13-12)4-10(14)16/h2-4,7,9,11,13,15,17H,5-6,12H2,1H3,(H,21,22)(H,23,24)(H2,18,19,20)/t7-,9+,11-/m1/s1. The van der Waals surface area contributed by atoms with E-state index < -0.39 is 60.3 Å². The minimum Gasteiger partial charge on any atom is -0.393 e. The minimum absolute atomic E-state index is 0.286. The highest BCUT2D eigenvalue weighted by Gasteiger charge is 2.41. The van der Waals surface area contributed by atoms with Crippen molar-refractivity contribution < 1.29 is 56.6 Å². The molecule has 174 valence electrons. The van der Waals surface area contributed by atoms with Gasteiger partial charge in [0.25, 0.3) is 5.56 Å². The molecule has 1 heterocycles. The number of aromatic nitrogens is 1. The zero-order valence-electron chi connectivity index (χ0n) is 15.3. The molecule has 1 aromatic rings. The maximum absolute atomic E-state index is 11.9. The number of nitrogens with two attached hydrogens (primary N) is 1. The summed E-state index contributed by atoms with van der Waals surface area (Å²) in [6.07, 6.45) is -2.05. The summed E-state index contributed by atoms with van der Waals surface area (Å²) in [4.78, 5) is 47.2. The topological polar surface area (TPSA) is 260 Å². The van der Waals surface area contributed by atoms with Gasteiger partial charge in [0, 0.05) is 24.6 Å². The summed E-state index contributed by atoms with van der Waals surface area (Å²) in [5.41, 5.74) is 1.89. The van der Waals surface area contributed by atoms with Gasteiger partial charge in [0.15, 0.2) is 0 Å². The molecule has 0 radical (unpaired) electrons. The molecule has 0 aliphatic carbocycles. The van der Waals surface area contributed by atoms with E-state index in [-0.39, 0.29) is 5.69 Å². The number of hydrogen-bond acceptors (Lipinski definition) is 11. The lowest BCUT2D eigenvalue weighted by Crippen LogP contribution is -2.30. The van der Waals surface area contributed by atoms with Gasteiger partial charge in [-0.05, 0) is 6.07 Å². The Bertz CT molecular complexity index is 917. The first kappa shape index (κ1) is 27.1. The Morgan fingerprint density at radius 2 is 1.73 bits per heavy atom. The fourth-order valence-corrected chi connectivity index (χ4v) is 5.13. The van der Waals surface area contributed by atoms with Crippen molar-refractivity contribution in [3.05, 3.63) is 28.7 Å². The Morgan fingerprint density at radius 1 is 1.13 bits per heavy atom. The summed E-state index contributed by atoms with van der Waals surface area (Å²) in [6, 6.07) is 2.48. The van der Waals surface area contributed by atoms with Crippen LogP contribution in [0.2, 0.25) is 0 Å². The largest absolute Gasteiger partial charge is 0.490 e. The molecule has 0 spiro atoms. The van der Waals surface area contributed by atoms with Gasteiger partial charge in [-0.2, -0.15) is 8.62 Å². The van der Waals surface area contributed by atoms with E-state index in [1.54, 1.807) is 0 Å². The number of nitrogen functional groups attached to an aromatic ring is 1. The number of anilines is 1. The van der Waals surface area contributed by atoms with Crippen molar-refractivity contribution in [3.8, 4) is 0 Å². The van der Waals surface area contributed by atoms with Gasteiger partial charge in [-0.15, -0.1) is 0 Å². The molecule has 0 aromatic carbocycles. The zero-order valence-corrected chi connectivity index (χ0v) is 18.0. The summed E-state index contributed by atoms with van der Waals surface area (Å²) >= 11 is 0. The number of nitrogens with zero attached hydrogens (tertiary/aromatic N) is 1. The summed E-state index contributed by atoms with van der Waals surface area (Å²) < 4.78 is 45.8. The fraction of sp³-hybridized carbons (Fsp3) is 0.545. The molecule has 0 aliphatic heterocycles. The van der Waals surface area contributed by atoms with Crippen LogP contribution in [0, 0.1) is 5.92 Å². The second-order valence-corrected chi connectivity index (χ2v) is 10.4. The number of phosphoric acid groups is 3. The maximum Gasteiger partial charge on any atom is 0.490 e. The van der Waals surface area contributed by atoms with E-state index in [0.717, 1.165) is 10.6 Å². The molecule has 1 rings (SSSR count). The number of phosphoric ester groups is 1. The van der Waals surface area contributed by atoms with Crippen LogP contribution in [-0.4, -0.2) is 47.1 Å². The molecule has 0 amide bonds. The maximum atomic E-state index is 11.9. The Balaban J connectivity index is 2.66. The first-order valence-electron chi connectivity index (χ1n) is 7.88. The molecule has 30 heavy (non-hydrogen) atoms. The Kier molecular flexibility index (Phi) is 9.54. The summed E-state index contributed by atoms with van der Waals surface area (Å²) in [5, 5.41) is 20.2. The number of hydrazine groups is 1. The summed E-state index contributed by atoms with van der Waals surface area (Å²) in [7, 11) is -16.5. The third-order valence-electron chi connectivity index (χ3n) is 3.46. The normalized spacial score (nSPS) is 19.3. The van der Waals surface area contributed by atoms with E-state index in [2.05, 4.69) is 18.6 Å². The smallest absolute Gasteiger partial charge is 0.393 e. The highest BCUT2D eigenvalue weighted by atomic mass is 31.3. The highest BCUT2D eigenvalue weighted by molar-refractivity contribution is 7.66. The molecule has 9 N–H and O–H groups in total. The second kappa shape index (κ2) is 10.6. The number of pyridine rings is 1. The predicted molar refractivity (Wildman–Crippen MR) is 99.4 cm³/mol. The second-order valence-electron chi connectivity index (χ2n) is 5.95. The van der Waals surface area contributed by atoms with Crippen LogP contribution < -0.4 is 16.8 Å². The number of aliphatic hydroxyl groups excluding tert-OH is 2. The Hall–Kier alpha value is -0.960. The molecule has 0 fully saturated rings. The lowest BCUT2D eigenvalue weighted by atomic mass is 10.0. The van der Waals surface area contributed by atoms with Crippen LogP contribution in [0.1, 0.15) is 19.6 Å². The van der Waals surface area contributed by atoms with Gasteiger partial charge in [-0.25, -0.2) is 13.7 Å². The molecular weight excluding hydrogens is 475 g/mol. The first-order valence-corrected chi connectivity index (χ1v) is 12.4. The lowest BCUT2D eigenvalue weighted by Gasteiger charge is -2.23. The van der Waals surface area contributed by atoms with Gasteiger partial charge < -0.3 is 35.2 Å². The lowest BCUT2D eigenvalue weighted by molar-refractivity contribution is 0.000409. The van der Waals surface area contributed by atoms with Gasteiger partial charge in [-0.1, -0.05) is 6.92 Å². The van der Waals surface area contributed by atoms with Crippen molar-refractivity contribution >= 4 is 29.2 Å². The van der Waals surface area contributed by atoms with E-state index in [1.807, 2.05) is 0 Å². The number of rotatable bonds is 12. The van der Waals surface area contributed by atoms with Crippen molar-refractivity contribution in [3.63, 3.8) is 0 Å². The zero-order chi connectivity index (χ0) is 23.3.